The lowest BCUT2D eigenvalue weighted by Gasteiger charge is -2.15. The maximum absolute atomic E-state index is 12.8. The summed E-state index contributed by atoms with van der Waals surface area (Å²) in [6.07, 6.45) is -2.47. The lowest BCUT2D eigenvalue weighted by molar-refractivity contribution is -0.117. The van der Waals surface area contributed by atoms with Gasteiger partial charge in [0.2, 0.25) is 0 Å². The van der Waals surface area contributed by atoms with Crippen LogP contribution in [0.5, 0.6) is 0 Å². The van der Waals surface area contributed by atoms with Gasteiger partial charge in [0.05, 0.1) is 6.54 Å². The Kier molecular flexibility index (Phi) is 3.51. The van der Waals surface area contributed by atoms with E-state index in [0.717, 1.165) is 4.40 Å². The minimum absolute atomic E-state index is 0.202. The Morgan fingerprint density at radius 2 is 2.15 bits per heavy atom. The summed E-state index contributed by atoms with van der Waals surface area (Å²) in [4.78, 5) is 14.9. The van der Waals surface area contributed by atoms with Gasteiger partial charge in [0.25, 0.3) is 0 Å². The Hall–Kier alpha value is -2.32. The fraction of sp³-hybridized carbons (Fsp3) is 0.273. The molecule has 0 atom stereocenters. The minimum Gasteiger partial charge on any atom is -0.476 e. The third-order valence-electron chi connectivity index (χ3n) is 2.54. The van der Waals surface area contributed by atoms with E-state index in [0.29, 0.717) is 0 Å². The summed E-state index contributed by atoms with van der Waals surface area (Å²) in [6.45, 7) is -1.41. The third-order valence-corrected chi connectivity index (χ3v) is 2.54. The highest BCUT2D eigenvalue weighted by Gasteiger charge is 2.40. The highest BCUT2D eigenvalue weighted by atomic mass is 19.3. The number of hydrogen-bond acceptors (Lipinski definition) is 3. The highest BCUT2D eigenvalue weighted by Crippen LogP contribution is 2.24. The number of aromatic nitrogens is 2. The van der Waals surface area contributed by atoms with Gasteiger partial charge in [-0.15, -0.1) is 0 Å². The number of alkyl halides is 4. The van der Waals surface area contributed by atoms with Crippen LogP contribution >= 0.6 is 0 Å². The summed E-state index contributed by atoms with van der Waals surface area (Å²) in [6, 6.07) is 4.56. The molecule has 0 aliphatic rings. The number of rotatable bonds is 5. The van der Waals surface area contributed by atoms with Gasteiger partial charge in [-0.3, -0.25) is 4.40 Å². The largest absolute Gasteiger partial charge is 0.476 e. The van der Waals surface area contributed by atoms with E-state index < -0.39 is 30.6 Å². The van der Waals surface area contributed by atoms with Gasteiger partial charge < -0.3 is 10.4 Å². The number of pyridine rings is 1. The molecule has 2 N–H and O–H groups in total. The minimum atomic E-state index is -4.27. The van der Waals surface area contributed by atoms with Crippen molar-refractivity contribution in [2.45, 2.75) is 12.3 Å². The average molecular weight is 291 g/mol. The second-order valence-electron chi connectivity index (χ2n) is 3.96. The van der Waals surface area contributed by atoms with E-state index in [2.05, 4.69) is 4.98 Å². The van der Waals surface area contributed by atoms with Crippen LogP contribution in [0.25, 0.3) is 5.65 Å². The van der Waals surface area contributed by atoms with E-state index in [1.54, 1.807) is 6.07 Å². The Bertz CT molecular complexity index is 642. The molecule has 108 valence electrons. The van der Waals surface area contributed by atoms with Crippen molar-refractivity contribution in [3.63, 3.8) is 0 Å². The van der Waals surface area contributed by atoms with Gasteiger partial charge in [-0.25, -0.2) is 18.6 Å². The zero-order chi connectivity index (χ0) is 14.9. The van der Waals surface area contributed by atoms with Crippen molar-refractivity contribution in [3.8, 4) is 0 Å². The van der Waals surface area contributed by atoms with Gasteiger partial charge in [-0.2, -0.15) is 8.78 Å². The molecule has 0 aliphatic carbocycles. The third kappa shape index (κ3) is 2.51. The first kappa shape index (κ1) is 14.1. The summed E-state index contributed by atoms with van der Waals surface area (Å²) in [7, 11) is 0. The van der Waals surface area contributed by atoms with Gasteiger partial charge in [0, 0.05) is 6.20 Å². The molecule has 2 aromatic heterocycles. The van der Waals surface area contributed by atoms with Crippen molar-refractivity contribution in [2.24, 2.45) is 0 Å². The van der Waals surface area contributed by atoms with Crippen molar-refractivity contribution >= 4 is 17.4 Å². The predicted octanol–water partition coefficient (Wildman–Crippen LogP) is 2.34. The fourth-order valence-corrected chi connectivity index (χ4v) is 1.60. The standard InChI is InChI=1S/C11H9F4N3O2/c12-10(13)11(14,15)5-16-8-7(9(19)20)18-4-2-1-3-6(18)17-8/h1-4,10,16H,5H2,(H,19,20). The number of fused-ring (bicyclic) bond motifs is 1. The Labute approximate surface area is 109 Å². The van der Waals surface area contributed by atoms with Crippen molar-refractivity contribution in [1.82, 2.24) is 9.38 Å². The molecule has 9 heteroatoms. The van der Waals surface area contributed by atoms with Gasteiger partial charge in [0.15, 0.2) is 11.5 Å². The topological polar surface area (TPSA) is 66.6 Å². The molecule has 0 saturated heterocycles. The normalized spacial score (nSPS) is 12.1. The second-order valence-corrected chi connectivity index (χ2v) is 3.96. The number of carboxylic acid groups (broad SMARTS) is 1. The van der Waals surface area contributed by atoms with Crippen LogP contribution in [0, 0.1) is 0 Å². The lowest BCUT2D eigenvalue weighted by Crippen LogP contribution is -2.35. The van der Waals surface area contributed by atoms with Gasteiger partial charge >= 0.3 is 18.3 Å². The number of carbonyl (C=O) groups is 1. The van der Waals surface area contributed by atoms with E-state index in [1.807, 2.05) is 5.32 Å². The molecule has 0 fully saturated rings. The Morgan fingerprint density at radius 1 is 1.45 bits per heavy atom. The van der Waals surface area contributed by atoms with Crippen LogP contribution in [0.2, 0.25) is 0 Å². The quantitative estimate of drug-likeness (QED) is 0.830. The van der Waals surface area contributed by atoms with Crippen molar-refractivity contribution in [2.75, 3.05) is 11.9 Å². The summed E-state index contributed by atoms with van der Waals surface area (Å²) in [5.41, 5.74) is -0.196. The number of anilines is 1. The van der Waals surface area contributed by atoms with Crippen LogP contribution in [-0.2, 0) is 0 Å². The fourth-order valence-electron chi connectivity index (χ4n) is 1.60. The maximum Gasteiger partial charge on any atom is 0.356 e. The molecule has 2 aromatic rings. The summed E-state index contributed by atoms with van der Waals surface area (Å²) >= 11 is 0. The smallest absolute Gasteiger partial charge is 0.356 e. The first-order valence-corrected chi connectivity index (χ1v) is 5.43. The van der Waals surface area contributed by atoms with Crippen LogP contribution < -0.4 is 5.32 Å². The number of halogens is 4. The van der Waals surface area contributed by atoms with Crippen LogP contribution in [0.3, 0.4) is 0 Å². The molecule has 0 amide bonds. The average Bonchev–Trinajstić information content (AvgIpc) is 2.74. The van der Waals surface area contributed by atoms with Crippen molar-refractivity contribution in [1.29, 1.82) is 0 Å². The maximum atomic E-state index is 12.8. The van der Waals surface area contributed by atoms with Crippen molar-refractivity contribution in [3.05, 3.63) is 30.1 Å². The summed E-state index contributed by atoms with van der Waals surface area (Å²) in [5.74, 6) is -6.07. The van der Waals surface area contributed by atoms with Gasteiger partial charge in [-0.1, -0.05) is 6.07 Å². The molecule has 0 saturated carbocycles. The molecule has 0 unspecified atom stereocenters. The van der Waals surface area contributed by atoms with E-state index in [-0.39, 0.29) is 11.5 Å². The zero-order valence-electron chi connectivity index (χ0n) is 9.86. The van der Waals surface area contributed by atoms with E-state index in [9.17, 15) is 22.4 Å². The first-order chi connectivity index (χ1) is 9.33. The molecule has 0 aliphatic heterocycles. The zero-order valence-corrected chi connectivity index (χ0v) is 9.86. The molecule has 2 rings (SSSR count). The molecule has 0 aromatic carbocycles. The van der Waals surface area contributed by atoms with Crippen LogP contribution in [0.15, 0.2) is 24.4 Å². The van der Waals surface area contributed by atoms with E-state index >= 15 is 0 Å². The van der Waals surface area contributed by atoms with Gasteiger partial charge in [0.1, 0.15) is 5.65 Å². The second kappa shape index (κ2) is 4.99. The molecular formula is C11H9F4N3O2. The van der Waals surface area contributed by atoms with Crippen LogP contribution in [0.1, 0.15) is 10.5 Å². The molecule has 2 heterocycles. The van der Waals surface area contributed by atoms with Crippen LogP contribution in [-0.4, -0.2) is 39.4 Å². The molecular weight excluding hydrogens is 282 g/mol. The predicted molar refractivity (Wildman–Crippen MR) is 61.6 cm³/mol. The van der Waals surface area contributed by atoms with Crippen LogP contribution in [0.4, 0.5) is 23.4 Å². The summed E-state index contributed by atoms with van der Waals surface area (Å²) < 4.78 is 50.9. The highest BCUT2D eigenvalue weighted by molar-refractivity contribution is 5.92. The number of nitrogens with zero attached hydrogens (tertiary/aromatic N) is 2. The lowest BCUT2D eigenvalue weighted by atomic mass is 10.3. The number of nitrogens with one attached hydrogen (secondary N) is 1. The number of hydrogen-bond donors (Lipinski definition) is 2. The molecule has 0 bridgehead atoms. The summed E-state index contributed by atoms with van der Waals surface area (Å²) in [5, 5.41) is 11.0. The molecule has 20 heavy (non-hydrogen) atoms. The van der Waals surface area contributed by atoms with E-state index in [4.69, 9.17) is 5.11 Å². The Morgan fingerprint density at radius 3 is 2.75 bits per heavy atom. The Balaban J connectivity index is 2.35. The molecule has 0 radical (unpaired) electrons. The number of imidazole rings is 1. The van der Waals surface area contributed by atoms with E-state index in [1.165, 1.54) is 18.3 Å². The monoisotopic (exact) mass is 291 g/mol. The molecule has 0 spiro atoms. The number of carboxylic acids is 1. The first-order valence-electron chi connectivity index (χ1n) is 5.43. The molecule has 5 nitrogen and oxygen atoms in total. The SMILES string of the molecule is O=C(O)c1c(NCC(F)(F)C(F)F)nc2ccccn12. The van der Waals surface area contributed by atoms with Crippen molar-refractivity contribution < 1.29 is 27.5 Å². The number of aromatic carboxylic acids is 1. The van der Waals surface area contributed by atoms with Gasteiger partial charge in [-0.05, 0) is 12.1 Å².